The van der Waals surface area contributed by atoms with Crippen LogP contribution in [0.3, 0.4) is 0 Å². The van der Waals surface area contributed by atoms with Crippen molar-refractivity contribution in [2.24, 2.45) is 5.92 Å². The molecule has 1 heterocycles. The lowest BCUT2D eigenvalue weighted by Crippen LogP contribution is -2.31. The van der Waals surface area contributed by atoms with Gasteiger partial charge in [0.1, 0.15) is 0 Å². The molecule has 1 atom stereocenters. The van der Waals surface area contributed by atoms with Gasteiger partial charge in [0.2, 0.25) is 0 Å². The SMILES string of the molecule is CCCC(CCO)CN1CCCCCC1. The van der Waals surface area contributed by atoms with Gasteiger partial charge in [0, 0.05) is 13.2 Å². The summed E-state index contributed by atoms with van der Waals surface area (Å²) in [7, 11) is 0. The van der Waals surface area contributed by atoms with Crippen LogP contribution in [0.25, 0.3) is 0 Å². The molecule has 0 spiro atoms. The van der Waals surface area contributed by atoms with Crippen LogP contribution in [0.2, 0.25) is 0 Å². The minimum atomic E-state index is 0.360. The topological polar surface area (TPSA) is 23.5 Å². The van der Waals surface area contributed by atoms with Crippen LogP contribution in [0, 0.1) is 5.92 Å². The Labute approximate surface area is 94.7 Å². The van der Waals surface area contributed by atoms with E-state index in [1.54, 1.807) is 0 Å². The summed E-state index contributed by atoms with van der Waals surface area (Å²) in [4.78, 5) is 2.61. The Hall–Kier alpha value is -0.0800. The van der Waals surface area contributed by atoms with Gasteiger partial charge in [0.15, 0.2) is 0 Å². The van der Waals surface area contributed by atoms with Crippen molar-refractivity contribution in [3.63, 3.8) is 0 Å². The van der Waals surface area contributed by atoms with Gasteiger partial charge < -0.3 is 10.0 Å². The third kappa shape index (κ3) is 5.53. The molecule has 1 aliphatic heterocycles. The van der Waals surface area contributed by atoms with E-state index in [1.807, 2.05) is 0 Å². The van der Waals surface area contributed by atoms with Crippen molar-refractivity contribution >= 4 is 0 Å². The van der Waals surface area contributed by atoms with Crippen LogP contribution in [0.5, 0.6) is 0 Å². The fraction of sp³-hybridized carbons (Fsp3) is 1.00. The van der Waals surface area contributed by atoms with Gasteiger partial charge in [-0.15, -0.1) is 0 Å². The molecule has 1 saturated heterocycles. The Morgan fingerprint density at radius 3 is 2.27 bits per heavy atom. The summed E-state index contributed by atoms with van der Waals surface area (Å²) in [6, 6.07) is 0. The van der Waals surface area contributed by atoms with E-state index in [2.05, 4.69) is 11.8 Å². The second-order valence-corrected chi connectivity index (χ2v) is 4.88. The van der Waals surface area contributed by atoms with Crippen LogP contribution in [0.1, 0.15) is 51.9 Å². The number of hydrogen-bond donors (Lipinski definition) is 1. The van der Waals surface area contributed by atoms with Crippen LogP contribution in [0.4, 0.5) is 0 Å². The molecule has 0 aromatic rings. The van der Waals surface area contributed by atoms with Gasteiger partial charge in [-0.25, -0.2) is 0 Å². The van der Waals surface area contributed by atoms with Gasteiger partial charge in [-0.05, 0) is 44.7 Å². The molecule has 1 unspecified atom stereocenters. The van der Waals surface area contributed by atoms with Crippen LogP contribution < -0.4 is 0 Å². The second-order valence-electron chi connectivity index (χ2n) is 4.88. The second kappa shape index (κ2) is 8.12. The lowest BCUT2D eigenvalue weighted by atomic mass is 9.99. The standard InChI is InChI=1S/C13H27NO/c1-2-7-13(8-11-15)12-14-9-5-3-4-6-10-14/h13,15H,2-12H2,1H3. The Kier molecular flexibility index (Phi) is 7.03. The molecule has 0 amide bonds. The lowest BCUT2D eigenvalue weighted by Gasteiger charge is -2.25. The Morgan fingerprint density at radius 2 is 1.73 bits per heavy atom. The first-order valence-corrected chi connectivity index (χ1v) is 6.70. The lowest BCUT2D eigenvalue weighted by molar-refractivity contribution is 0.191. The Balaban J connectivity index is 2.27. The number of aliphatic hydroxyl groups excluding tert-OH is 1. The fourth-order valence-corrected chi connectivity index (χ4v) is 2.60. The van der Waals surface area contributed by atoms with E-state index < -0.39 is 0 Å². The van der Waals surface area contributed by atoms with E-state index >= 15 is 0 Å². The first kappa shape index (κ1) is 13.0. The van der Waals surface area contributed by atoms with Crippen molar-refractivity contribution < 1.29 is 5.11 Å². The highest BCUT2D eigenvalue weighted by molar-refractivity contribution is 4.68. The molecule has 0 radical (unpaired) electrons. The highest BCUT2D eigenvalue weighted by Crippen LogP contribution is 2.16. The average Bonchev–Trinajstić information content (AvgIpc) is 2.47. The van der Waals surface area contributed by atoms with E-state index in [0.717, 1.165) is 12.3 Å². The van der Waals surface area contributed by atoms with Crippen molar-refractivity contribution in [2.75, 3.05) is 26.2 Å². The minimum absolute atomic E-state index is 0.360. The van der Waals surface area contributed by atoms with Gasteiger partial charge in [0.25, 0.3) is 0 Å². The third-order valence-corrected chi connectivity index (χ3v) is 3.45. The van der Waals surface area contributed by atoms with Crippen LogP contribution >= 0.6 is 0 Å². The van der Waals surface area contributed by atoms with Crippen LogP contribution in [-0.2, 0) is 0 Å². The van der Waals surface area contributed by atoms with Crippen LogP contribution in [-0.4, -0.2) is 36.2 Å². The Bertz CT molecular complexity index is 135. The van der Waals surface area contributed by atoms with E-state index in [4.69, 9.17) is 5.11 Å². The van der Waals surface area contributed by atoms with E-state index in [-0.39, 0.29) is 0 Å². The summed E-state index contributed by atoms with van der Waals surface area (Å²) in [6.45, 7) is 6.39. The van der Waals surface area contributed by atoms with E-state index in [1.165, 1.54) is 58.2 Å². The highest BCUT2D eigenvalue weighted by Gasteiger charge is 2.14. The molecule has 1 fully saturated rings. The molecule has 0 aromatic carbocycles. The first-order valence-electron chi connectivity index (χ1n) is 6.70. The molecular weight excluding hydrogens is 186 g/mol. The number of likely N-dealkylation sites (tertiary alicyclic amines) is 1. The maximum absolute atomic E-state index is 9.03. The minimum Gasteiger partial charge on any atom is -0.396 e. The molecule has 0 bridgehead atoms. The summed E-state index contributed by atoms with van der Waals surface area (Å²) in [6.07, 6.45) is 9.08. The molecule has 2 nitrogen and oxygen atoms in total. The molecule has 15 heavy (non-hydrogen) atoms. The van der Waals surface area contributed by atoms with Crippen molar-refractivity contribution in [3.05, 3.63) is 0 Å². The monoisotopic (exact) mass is 213 g/mol. The molecule has 1 rings (SSSR count). The number of nitrogens with zero attached hydrogens (tertiary/aromatic N) is 1. The molecule has 0 aromatic heterocycles. The zero-order chi connectivity index (χ0) is 10.9. The third-order valence-electron chi connectivity index (χ3n) is 3.45. The summed E-state index contributed by atoms with van der Waals surface area (Å²) in [5.74, 6) is 0.720. The van der Waals surface area contributed by atoms with Gasteiger partial charge in [0.05, 0.1) is 0 Å². The normalized spacial score (nSPS) is 21.2. The predicted octanol–water partition coefficient (Wildman–Crippen LogP) is 2.66. The maximum Gasteiger partial charge on any atom is 0.0434 e. The largest absolute Gasteiger partial charge is 0.396 e. The van der Waals surface area contributed by atoms with Crippen LogP contribution in [0.15, 0.2) is 0 Å². The zero-order valence-electron chi connectivity index (χ0n) is 10.2. The Morgan fingerprint density at radius 1 is 1.07 bits per heavy atom. The first-order chi connectivity index (χ1) is 7.36. The smallest absolute Gasteiger partial charge is 0.0434 e. The summed E-state index contributed by atoms with van der Waals surface area (Å²) in [5.41, 5.74) is 0. The zero-order valence-corrected chi connectivity index (χ0v) is 10.2. The number of rotatable bonds is 6. The molecule has 90 valence electrons. The highest BCUT2D eigenvalue weighted by atomic mass is 16.3. The predicted molar refractivity (Wildman–Crippen MR) is 65.0 cm³/mol. The molecule has 1 N–H and O–H groups in total. The van der Waals surface area contributed by atoms with Gasteiger partial charge in [-0.1, -0.05) is 26.2 Å². The molecule has 0 aliphatic carbocycles. The maximum atomic E-state index is 9.03. The molecular formula is C13H27NO. The fourth-order valence-electron chi connectivity index (χ4n) is 2.60. The molecule has 0 saturated carbocycles. The number of aliphatic hydroxyl groups is 1. The van der Waals surface area contributed by atoms with Gasteiger partial charge in [-0.3, -0.25) is 0 Å². The van der Waals surface area contributed by atoms with Crippen molar-refractivity contribution in [3.8, 4) is 0 Å². The van der Waals surface area contributed by atoms with Gasteiger partial charge in [-0.2, -0.15) is 0 Å². The molecule has 1 aliphatic rings. The van der Waals surface area contributed by atoms with E-state index in [0.29, 0.717) is 6.61 Å². The molecule has 2 heteroatoms. The van der Waals surface area contributed by atoms with Crippen molar-refractivity contribution in [2.45, 2.75) is 51.9 Å². The summed E-state index contributed by atoms with van der Waals surface area (Å²) < 4.78 is 0. The van der Waals surface area contributed by atoms with Crippen molar-refractivity contribution in [1.29, 1.82) is 0 Å². The average molecular weight is 213 g/mol. The summed E-state index contributed by atoms with van der Waals surface area (Å²) >= 11 is 0. The number of hydrogen-bond acceptors (Lipinski definition) is 2. The quantitative estimate of drug-likeness (QED) is 0.733. The van der Waals surface area contributed by atoms with Gasteiger partial charge >= 0.3 is 0 Å². The van der Waals surface area contributed by atoms with E-state index in [9.17, 15) is 0 Å². The summed E-state index contributed by atoms with van der Waals surface area (Å²) in [5, 5.41) is 9.03. The van der Waals surface area contributed by atoms with Crippen molar-refractivity contribution in [1.82, 2.24) is 4.90 Å².